The highest BCUT2D eigenvalue weighted by Crippen LogP contribution is 2.37. The number of carbonyl (C=O) groups is 1. The lowest BCUT2D eigenvalue weighted by Gasteiger charge is -2.28. The Hall–Kier alpha value is -1.71. The lowest BCUT2D eigenvalue weighted by Crippen LogP contribution is -2.29. The van der Waals surface area contributed by atoms with Crippen LogP contribution in [-0.4, -0.2) is 25.5 Å². The zero-order valence-electron chi connectivity index (χ0n) is 13.6. The third kappa shape index (κ3) is 3.49. The van der Waals surface area contributed by atoms with Crippen molar-refractivity contribution in [3.8, 4) is 0 Å². The maximum absolute atomic E-state index is 12.2. The molecule has 1 heterocycles. The number of amides is 1. The van der Waals surface area contributed by atoms with Crippen molar-refractivity contribution in [2.24, 2.45) is 11.3 Å². The summed E-state index contributed by atoms with van der Waals surface area (Å²) in [6.07, 6.45) is 1.16. The Balaban J connectivity index is 2.27. The van der Waals surface area contributed by atoms with Gasteiger partial charge in [-0.3, -0.25) is 4.79 Å². The van der Waals surface area contributed by atoms with E-state index in [4.69, 9.17) is 5.73 Å². The molecular weight excluding hydrogens is 262 g/mol. The number of nitrogens with zero attached hydrogens (tertiary/aromatic N) is 1. The first-order chi connectivity index (χ1) is 9.82. The minimum Gasteiger partial charge on any atom is -0.399 e. The molecule has 1 fully saturated rings. The maximum Gasteiger partial charge on any atom is 0.253 e. The first-order valence-corrected chi connectivity index (χ1v) is 7.75. The summed E-state index contributed by atoms with van der Waals surface area (Å²) in [7, 11) is 0. The van der Waals surface area contributed by atoms with Crippen LogP contribution in [0.4, 0.5) is 11.4 Å². The van der Waals surface area contributed by atoms with Gasteiger partial charge in [0.2, 0.25) is 0 Å². The number of nitrogens with two attached hydrogens (primary N) is 1. The van der Waals surface area contributed by atoms with E-state index < -0.39 is 0 Å². The molecule has 0 spiro atoms. The molecule has 0 saturated carbocycles. The van der Waals surface area contributed by atoms with Crippen LogP contribution < -0.4 is 16.0 Å². The summed E-state index contributed by atoms with van der Waals surface area (Å²) in [6, 6.07) is 5.56. The fourth-order valence-corrected chi connectivity index (χ4v) is 2.94. The second kappa shape index (κ2) is 5.96. The van der Waals surface area contributed by atoms with Crippen molar-refractivity contribution in [2.45, 2.75) is 34.1 Å². The molecule has 1 aliphatic heterocycles. The monoisotopic (exact) mass is 289 g/mol. The molecule has 0 bridgehead atoms. The predicted molar refractivity (Wildman–Crippen MR) is 88.6 cm³/mol. The number of rotatable bonds is 3. The molecule has 3 N–H and O–H groups in total. The van der Waals surface area contributed by atoms with Gasteiger partial charge in [0.1, 0.15) is 0 Å². The molecule has 2 rings (SSSR count). The van der Waals surface area contributed by atoms with Gasteiger partial charge in [0.15, 0.2) is 0 Å². The molecule has 4 nitrogen and oxygen atoms in total. The van der Waals surface area contributed by atoms with E-state index in [0.29, 0.717) is 23.6 Å². The van der Waals surface area contributed by atoms with Crippen molar-refractivity contribution in [1.29, 1.82) is 0 Å². The Kier molecular flexibility index (Phi) is 4.45. The quantitative estimate of drug-likeness (QED) is 0.841. The maximum atomic E-state index is 12.2. The number of hydrogen-bond donors (Lipinski definition) is 2. The normalized spacial score (nSPS) is 18.9. The Labute approximate surface area is 127 Å². The fraction of sp³-hybridized carbons (Fsp3) is 0.588. The lowest BCUT2D eigenvalue weighted by atomic mass is 9.80. The van der Waals surface area contributed by atoms with E-state index in [1.165, 1.54) is 0 Å². The van der Waals surface area contributed by atoms with Gasteiger partial charge in [0, 0.05) is 25.3 Å². The summed E-state index contributed by atoms with van der Waals surface area (Å²) in [5.74, 6) is 0.618. The summed E-state index contributed by atoms with van der Waals surface area (Å²) in [5.41, 5.74) is 8.62. The van der Waals surface area contributed by atoms with Crippen molar-refractivity contribution in [2.75, 3.05) is 30.3 Å². The summed E-state index contributed by atoms with van der Waals surface area (Å²) in [6.45, 7) is 11.4. The van der Waals surface area contributed by atoms with Crippen LogP contribution in [-0.2, 0) is 0 Å². The van der Waals surface area contributed by atoms with E-state index in [2.05, 4.69) is 31.0 Å². The second-order valence-electron chi connectivity index (χ2n) is 6.93. The van der Waals surface area contributed by atoms with Crippen molar-refractivity contribution in [3.63, 3.8) is 0 Å². The van der Waals surface area contributed by atoms with Crippen LogP contribution in [0.15, 0.2) is 18.2 Å². The number of anilines is 2. The summed E-state index contributed by atoms with van der Waals surface area (Å²) in [5, 5.41) is 2.88. The Bertz CT molecular complexity index is 519. The molecule has 116 valence electrons. The van der Waals surface area contributed by atoms with Crippen LogP contribution >= 0.6 is 0 Å². The molecule has 1 aromatic rings. The molecule has 1 saturated heterocycles. The van der Waals surface area contributed by atoms with E-state index >= 15 is 0 Å². The van der Waals surface area contributed by atoms with E-state index in [9.17, 15) is 4.79 Å². The molecule has 0 radical (unpaired) electrons. The van der Waals surface area contributed by atoms with Gasteiger partial charge >= 0.3 is 0 Å². The first kappa shape index (κ1) is 15.7. The molecule has 21 heavy (non-hydrogen) atoms. The molecular formula is C17H27N3O. The highest BCUT2D eigenvalue weighted by Gasteiger charge is 2.33. The van der Waals surface area contributed by atoms with Gasteiger partial charge in [0.05, 0.1) is 11.3 Å². The molecule has 1 aromatic carbocycles. The van der Waals surface area contributed by atoms with Crippen LogP contribution in [0.25, 0.3) is 0 Å². The predicted octanol–water partition coefficient (Wildman–Crippen LogP) is 2.89. The van der Waals surface area contributed by atoms with E-state index in [-0.39, 0.29) is 5.91 Å². The van der Waals surface area contributed by atoms with Crippen LogP contribution in [0.3, 0.4) is 0 Å². The van der Waals surface area contributed by atoms with Crippen LogP contribution in [0.2, 0.25) is 0 Å². The fourth-order valence-electron chi connectivity index (χ4n) is 2.94. The van der Waals surface area contributed by atoms with Crippen LogP contribution in [0, 0.1) is 11.3 Å². The molecule has 1 amide bonds. The zero-order valence-corrected chi connectivity index (χ0v) is 13.6. The van der Waals surface area contributed by atoms with Crippen molar-refractivity contribution >= 4 is 17.3 Å². The molecule has 1 unspecified atom stereocenters. The summed E-state index contributed by atoms with van der Waals surface area (Å²) in [4.78, 5) is 14.5. The Morgan fingerprint density at radius 1 is 1.43 bits per heavy atom. The third-order valence-electron chi connectivity index (χ3n) is 4.36. The van der Waals surface area contributed by atoms with Gasteiger partial charge in [-0.25, -0.2) is 0 Å². The number of benzene rings is 1. The van der Waals surface area contributed by atoms with Crippen molar-refractivity contribution in [3.05, 3.63) is 23.8 Å². The Morgan fingerprint density at radius 2 is 2.14 bits per heavy atom. The van der Waals surface area contributed by atoms with E-state index in [1.54, 1.807) is 6.07 Å². The van der Waals surface area contributed by atoms with Gasteiger partial charge in [-0.05, 0) is 42.9 Å². The van der Waals surface area contributed by atoms with Gasteiger partial charge in [-0.2, -0.15) is 0 Å². The van der Waals surface area contributed by atoms with E-state index in [1.807, 2.05) is 19.1 Å². The highest BCUT2D eigenvalue weighted by molar-refractivity contribution is 6.00. The largest absolute Gasteiger partial charge is 0.399 e. The zero-order chi connectivity index (χ0) is 15.6. The number of hydrogen-bond acceptors (Lipinski definition) is 3. The minimum atomic E-state index is -0.0216. The summed E-state index contributed by atoms with van der Waals surface area (Å²) < 4.78 is 0. The highest BCUT2D eigenvalue weighted by atomic mass is 16.1. The van der Waals surface area contributed by atoms with Gasteiger partial charge in [-0.1, -0.05) is 20.8 Å². The van der Waals surface area contributed by atoms with Gasteiger partial charge in [-0.15, -0.1) is 0 Å². The average molecular weight is 289 g/mol. The Morgan fingerprint density at radius 3 is 2.71 bits per heavy atom. The molecule has 0 aliphatic carbocycles. The molecule has 1 atom stereocenters. The molecule has 4 heteroatoms. The smallest absolute Gasteiger partial charge is 0.253 e. The SMILES string of the molecule is CCNC(=O)c1ccc(N)cc1N1CCC(C(C)(C)C)C1. The lowest BCUT2D eigenvalue weighted by molar-refractivity contribution is 0.0956. The number of nitrogens with one attached hydrogen (secondary N) is 1. The topological polar surface area (TPSA) is 58.4 Å². The van der Waals surface area contributed by atoms with Gasteiger partial charge in [0.25, 0.3) is 5.91 Å². The number of nitrogen functional groups attached to an aromatic ring is 1. The average Bonchev–Trinajstić information content (AvgIpc) is 2.88. The molecule has 1 aliphatic rings. The van der Waals surface area contributed by atoms with Gasteiger partial charge < -0.3 is 16.0 Å². The van der Waals surface area contributed by atoms with Crippen LogP contribution in [0.1, 0.15) is 44.5 Å². The van der Waals surface area contributed by atoms with E-state index in [0.717, 1.165) is 30.8 Å². The van der Waals surface area contributed by atoms with Crippen molar-refractivity contribution < 1.29 is 4.79 Å². The van der Waals surface area contributed by atoms with Crippen molar-refractivity contribution in [1.82, 2.24) is 5.32 Å². The minimum absolute atomic E-state index is 0.0216. The number of carbonyl (C=O) groups excluding carboxylic acids is 1. The third-order valence-corrected chi connectivity index (χ3v) is 4.36. The molecule has 0 aromatic heterocycles. The standard InChI is InChI=1S/C17H27N3O/c1-5-19-16(21)14-7-6-13(18)10-15(14)20-9-8-12(11-20)17(2,3)4/h6-7,10,12H,5,8-9,11,18H2,1-4H3,(H,19,21). The summed E-state index contributed by atoms with van der Waals surface area (Å²) >= 11 is 0. The second-order valence-corrected chi connectivity index (χ2v) is 6.93. The first-order valence-electron chi connectivity index (χ1n) is 7.75. The van der Waals surface area contributed by atoms with Crippen LogP contribution in [0.5, 0.6) is 0 Å².